The lowest BCUT2D eigenvalue weighted by Crippen LogP contribution is -2.60. The standard InChI is InChI=1S/C29H38O16/c1-36-16-7-6-14(8-17(16)37-2)26(34)42-12-29(35)13-43-28(25(29)33)41-11-20-21(30)22(31)23(32)27(45-20)44-15-9-18(38-3)24(40-5)19(10-15)39-4/h6-10,20-23,25,27-28,30-33,35H,11-13H2,1-5H3. The lowest BCUT2D eigenvalue weighted by atomic mass is 9.99. The van der Waals surface area contributed by atoms with Crippen molar-refractivity contribution in [1.82, 2.24) is 0 Å². The minimum Gasteiger partial charge on any atom is -0.493 e. The average Bonchev–Trinajstić information content (AvgIpc) is 3.34. The quantitative estimate of drug-likeness (QED) is 0.170. The van der Waals surface area contributed by atoms with Crippen LogP contribution in [-0.4, -0.2) is 136 Å². The van der Waals surface area contributed by atoms with Crippen LogP contribution in [0.2, 0.25) is 0 Å². The van der Waals surface area contributed by atoms with Gasteiger partial charge in [-0.05, 0) is 18.2 Å². The predicted octanol–water partition coefficient (Wildman–Crippen LogP) is -0.762. The summed E-state index contributed by atoms with van der Waals surface area (Å²) in [5, 5.41) is 53.2. The van der Waals surface area contributed by atoms with Crippen molar-refractivity contribution < 1.29 is 77.7 Å². The van der Waals surface area contributed by atoms with Crippen LogP contribution in [0.1, 0.15) is 10.4 Å². The van der Waals surface area contributed by atoms with E-state index >= 15 is 0 Å². The summed E-state index contributed by atoms with van der Waals surface area (Å²) in [4.78, 5) is 12.6. The first-order chi connectivity index (χ1) is 21.5. The van der Waals surface area contributed by atoms with Crippen molar-refractivity contribution in [3.63, 3.8) is 0 Å². The molecule has 2 saturated heterocycles. The molecule has 0 bridgehead atoms. The summed E-state index contributed by atoms with van der Waals surface area (Å²) in [5.41, 5.74) is -1.92. The molecule has 0 aliphatic carbocycles. The van der Waals surface area contributed by atoms with E-state index in [0.717, 1.165) is 0 Å². The molecule has 5 N–H and O–H groups in total. The van der Waals surface area contributed by atoms with E-state index in [9.17, 15) is 30.3 Å². The first-order valence-electron chi connectivity index (χ1n) is 13.7. The fourth-order valence-corrected chi connectivity index (χ4v) is 4.76. The molecular weight excluding hydrogens is 604 g/mol. The second-order valence-corrected chi connectivity index (χ2v) is 10.2. The van der Waals surface area contributed by atoms with Crippen LogP contribution in [0.25, 0.3) is 0 Å². The molecule has 16 nitrogen and oxygen atoms in total. The zero-order valence-corrected chi connectivity index (χ0v) is 25.3. The van der Waals surface area contributed by atoms with Crippen molar-refractivity contribution >= 4 is 5.97 Å². The van der Waals surface area contributed by atoms with E-state index in [-0.39, 0.29) is 22.8 Å². The second kappa shape index (κ2) is 14.7. The minimum atomic E-state index is -2.03. The van der Waals surface area contributed by atoms with Gasteiger partial charge in [-0.3, -0.25) is 0 Å². The highest BCUT2D eigenvalue weighted by molar-refractivity contribution is 5.90. The molecule has 250 valence electrons. The highest BCUT2D eigenvalue weighted by Gasteiger charge is 2.51. The summed E-state index contributed by atoms with van der Waals surface area (Å²) in [6.07, 6.45) is -10.9. The van der Waals surface area contributed by atoms with Crippen LogP contribution in [0.3, 0.4) is 0 Å². The van der Waals surface area contributed by atoms with E-state index in [0.29, 0.717) is 17.2 Å². The molecule has 2 aromatic rings. The molecule has 8 atom stereocenters. The Morgan fingerprint density at radius 3 is 2.07 bits per heavy atom. The molecule has 45 heavy (non-hydrogen) atoms. The maximum atomic E-state index is 12.6. The molecule has 2 aromatic carbocycles. The lowest BCUT2D eigenvalue weighted by Gasteiger charge is -2.40. The summed E-state index contributed by atoms with van der Waals surface area (Å²) in [6, 6.07) is 7.25. The topological polar surface area (TPSA) is 211 Å². The lowest BCUT2D eigenvalue weighted by molar-refractivity contribution is -0.289. The van der Waals surface area contributed by atoms with Gasteiger partial charge in [-0.1, -0.05) is 0 Å². The molecule has 2 aliphatic heterocycles. The highest BCUT2D eigenvalue weighted by atomic mass is 16.7. The van der Waals surface area contributed by atoms with Crippen molar-refractivity contribution in [3.05, 3.63) is 35.9 Å². The van der Waals surface area contributed by atoms with Gasteiger partial charge in [0, 0.05) is 12.1 Å². The number of carbonyl (C=O) groups excluding carboxylic acids is 1. The molecule has 0 radical (unpaired) electrons. The number of aliphatic hydroxyl groups excluding tert-OH is 4. The zero-order valence-electron chi connectivity index (χ0n) is 25.3. The van der Waals surface area contributed by atoms with E-state index in [2.05, 4.69) is 0 Å². The number of aliphatic hydroxyl groups is 5. The van der Waals surface area contributed by atoms with Crippen LogP contribution in [0.4, 0.5) is 0 Å². The number of benzene rings is 2. The largest absolute Gasteiger partial charge is 0.493 e. The molecule has 2 fully saturated rings. The number of hydrogen-bond acceptors (Lipinski definition) is 16. The van der Waals surface area contributed by atoms with Crippen molar-refractivity contribution in [3.8, 4) is 34.5 Å². The Morgan fingerprint density at radius 2 is 1.47 bits per heavy atom. The maximum Gasteiger partial charge on any atom is 0.338 e. The van der Waals surface area contributed by atoms with Gasteiger partial charge in [-0.15, -0.1) is 0 Å². The van der Waals surface area contributed by atoms with Crippen LogP contribution in [0, 0.1) is 0 Å². The maximum absolute atomic E-state index is 12.6. The van der Waals surface area contributed by atoms with Crippen molar-refractivity contribution in [2.45, 2.75) is 48.7 Å². The van der Waals surface area contributed by atoms with E-state index in [1.54, 1.807) is 0 Å². The fraction of sp³-hybridized carbons (Fsp3) is 0.552. The van der Waals surface area contributed by atoms with Crippen LogP contribution >= 0.6 is 0 Å². The number of ether oxygens (including phenoxy) is 10. The second-order valence-electron chi connectivity index (χ2n) is 10.2. The van der Waals surface area contributed by atoms with Crippen molar-refractivity contribution in [2.75, 3.05) is 55.4 Å². The summed E-state index contributed by atoms with van der Waals surface area (Å²) in [6.45, 7) is -1.57. The number of rotatable bonds is 13. The Kier molecular flexibility index (Phi) is 11.2. The number of carbonyl (C=O) groups is 1. The van der Waals surface area contributed by atoms with Crippen molar-refractivity contribution in [2.24, 2.45) is 0 Å². The molecule has 0 amide bonds. The van der Waals surface area contributed by atoms with Gasteiger partial charge in [0.15, 0.2) is 34.9 Å². The molecule has 2 heterocycles. The van der Waals surface area contributed by atoms with E-state index in [4.69, 9.17) is 47.4 Å². The summed E-state index contributed by atoms with van der Waals surface area (Å²) in [5.74, 6) is 0.831. The Labute approximate surface area is 258 Å². The molecule has 8 unspecified atom stereocenters. The molecule has 2 aliphatic rings. The highest BCUT2D eigenvalue weighted by Crippen LogP contribution is 2.41. The van der Waals surface area contributed by atoms with Crippen LogP contribution in [0.15, 0.2) is 30.3 Å². The molecule has 4 rings (SSSR count). The summed E-state index contributed by atoms with van der Waals surface area (Å²) < 4.78 is 53.8. The average molecular weight is 643 g/mol. The molecule has 0 spiro atoms. The SMILES string of the molecule is COc1ccc(C(=O)OCC2(O)COC(OCC3OC(Oc4cc(OC)c(OC)c(OC)c4)C(O)C(O)C3O)C2O)cc1OC. The number of methoxy groups -OCH3 is 5. The third-order valence-corrected chi connectivity index (χ3v) is 7.36. The van der Waals surface area contributed by atoms with Gasteiger partial charge in [-0.2, -0.15) is 0 Å². The Morgan fingerprint density at radius 1 is 0.822 bits per heavy atom. The van der Waals surface area contributed by atoms with Gasteiger partial charge < -0.3 is 72.9 Å². The molecule has 0 aromatic heterocycles. The van der Waals surface area contributed by atoms with Crippen molar-refractivity contribution in [1.29, 1.82) is 0 Å². The third-order valence-electron chi connectivity index (χ3n) is 7.36. The number of esters is 1. The molecular formula is C29H38O16. The van der Waals surface area contributed by atoms with Crippen LogP contribution in [-0.2, 0) is 18.9 Å². The summed E-state index contributed by atoms with van der Waals surface area (Å²) >= 11 is 0. The normalized spacial score (nSPS) is 29.5. The zero-order chi connectivity index (χ0) is 32.9. The minimum absolute atomic E-state index is 0.116. The van der Waals surface area contributed by atoms with Crippen LogP contribution in [0.5, 0.6) is 34.5 Å². The van der Waals surface area contributed by atoms with Gasteiger partial charge in [0.2, 0.25) is 12.0 Å². The first-order valence-corrected chi connectivity index (χ1v) is 13.7. The molecule has 16 heteroatoms. The Hall–Kier alpha value is -3.61. The number of hydrogen-bond donors (Lipinski definition) is 5. The van der Waals surface area contributed by atoms with E-state index in [1.165, 1.54) is 65.9 Å². The van der Waals surface area contributed by atoms with Gasteiger partial charge >= 0.3 is 5.97 Å². The Balaban J connectivity index is 1.36. The monoisotopic (exact) mass is 642 g/mol. The van der Waals surface area contributed by atoms with Gasteiger partial charge in [-0.25, -0.2) is 4.79 Å². The predicted molar refractivity (Wildman–Crippen MR) is 150 cm³/mol. The van der Waals surface area contributed by atoms with Gasteiger partial charge in [0.25, 0.3) is 0 Å². The van der Waals surface area contributed by atoms with E-state index < -0.39 is 74.5 Å². The first kappa shape index (κ1) is 34.3. The Bertz CT molecular complexity index is 1280. The van der Waals surface area contributed by atoms with E-state index in [1.807, 2.05) is 0 Å². The smallest absolute Gasteiger partial charge is 0.338 e. The third kappa shape index (κ3) is 7.29. The molecule has 0 saturated carbocycles. The van der Waals surface area contributed by atoms with Gasteiger partial charge in [0.1, 0.15) is 42.9 Å². The van der Waals surface area contributed by atoms with Gasteiger partial charge in [0.05, 0.1) is 54.3 Å². The van der Waals surface area contributed by atoms with Crippen LogP contribution < -0.4 is 28.4 Å². The summed E-state index contributed by atoms with van der Waals surface area (Å²) in [7, 11) is 7.09. The fourth-order valence-electron chi connectivity index (χ4n) is 4.76.